The average Bonchev–Trinajstić information content (AvgIpc) is 2.26. The summed E-state index contributed by atoms with van der Waals surface area (Å²) in [4.78, 5) is 10.7. The Kier molecular flexibility index (Phi) is 4.73. The molecule has 0 saturated carbocycles. The minimum Gasteiger partial charge on any atom is -0.427 e. The van der Waals surface area contributed by atoms with E-state index in [-0.39, 0.29) is 12.0 Å². The molecule has 1 atom stereocenters. The van der Waals surface area contributed by atoms with Crippen molar-refractivity contribution < 1.29 is 9.53 Å². The van der Waals surface area contributed by atoms with Crippen LogP contribution < -0.4 is 10.5 Å². The summed E-state index contributed by atoms with van der Waals surface area (Å²) in [6.07, 6.45) is 3.62. The molecule has 16 heavy (non-hydrogen) atoms. The molecule has 1 aromatic carbocycles. The van der Waals surface area contributed by atoms with E-state index in [0.29, 0.717) is 5.75 Å². The molecule has 0 heterocycles. The molecule has 0 aromatic heterocycles. The minimum absolute atomic E-state index is 0.00405. The number of hydrogen-bond donors (Lipinski definition) is 1. The average molecular weight is 219 g/mol. The Hall–Kier alpha value is -1.61. The van der Waals surface area contributed by atoms with E-state index in [0.717, 1.165) is 18.4 Å². The van der Waals surface area contributed by atoms with Crippen LogP contribution in [0.5, 0.6) is 5.75 Å². The van der Waals surface area contributed by atoms with E-state index in [9.17, 15) is 4.79 Å². The first-order valence-electron chi connectivity index (χ1n) is 5.28. The number of benzene rings is 1. The standard InChI is InChI=1S/C13H17NO2/c1-3-4-5-13(14)11-6-8-12(9-7-11)16-10(2)15/h3,6-9,13H,1,4-5,14H2,2H3/t13-/m1/s1. The van der Waals surface area contributed by atoms with Crippen molar-refractivity contribution in [1.29, 1.82) is 0 Å². The molecule has 0 saturated heterocycles. The van der Waals surface area contributed by atoms with Gasteiger partial charge in [-0.05, 0) is 30.5 Å². The van der Waals surface area contributed by atoms with Gasteiger partial charge in [0.1, 0.15) is 5.75 Å². The minimum atomic E-state index is -0.316. The van der Waals surface area contributed by atoms with Gasteiger partial charge in [-0.3, -0.25) is 4.79 Å². The SMILES string of the molecule is C=CCC[C@@H](N)c1ccc(OC(C)=O)cc1. The summed E-state index contributed by atoms with van der Waals surface area (Å²) in [7, 11) is 0. The zero-order valence-electron chi connectivity index (χ0n) is 9.48. The lowest BCUT2D eigenvalue weighted by atomic mass is 10.0. The third-order valence-corrected chi connectivity index (χ3v) is 2.25. The molecule has 0 amide bonds. The Morgan fingerprint density at radius 3 is 2.62 bits per heavy atom. The largest absolute Gasteiger partial charge is 0.427 e. The highest BCUT2D eigenvalue weighted by atomic mass is 16.5. The van der Waals surface area contributed by atoms with E-state index in [1.54, 1.807) is 12.1 Å². The monoisotopic (exact) mass is 219 g/mol. The molecule has 0 fully saturated rings. The molecular formula is C13H17NO2. The third-order valence-electron chi connectivity index (χ3n) is 2.25. The van der Waals surface area contributed by atoms with Crippen LogP contribution in [0.15, 0.2) is 36.9 Å². The van der Waals surface area contributed by atoms with Gasteiger partial charge in [-0.1, -0.05) is 18.2 Å². The summed E-state index contributed by atoms with van der Waals surface area (Å²) in [5, 5.41) is 0. The number of esters is 1. The van der Waals surface area contributed by atoms with Crippen molar-refractivity contribution in [2.45, 2.75) is 25.8 Å². The second kappa shape index (κ2) is 6.08. The van der Waals surface area contributed by atoms with Gasteiger partial charge in [0.15, 0.2) is 0 Å². The molecule has 3 heteroatoms. The normalized spacial score (nSPS) is 11.9. The van der Waals surface area contributed by atoms with Gasteiger partial charge in [-0.25, -0.2) is 0 Å². The number of hydrogen-bond acceptors (Lipinski definition) is 3. The van der Waals surface area contributed by atoms with Crippen LogP contribution in [0.4, 0.5) is 0 Å². The van der Waals surface area contributed by atoms with Crippen LogP contribution in [0.3, 0.4) is 0 Å². The Morgan fingerprint density at radius 2 is 2.12 bits per heavy atom. The first-order chi connectivity index (χ1) is 7.63. The first-order valence-corrected chi connectivity index (χ1v) is 5.28. The molecule has 3 nitrogen and oxygen atoms in total. The maximum absolute atomic E-state index is 10.7. The molecule has 0 aliphatic heterocycles. The summed E-state index contributed by atoms with van der Waals surface area (Å²) >= 11 is 0. The van der Waals surface area contributed by atoms with Crippen molar-refractivity contribution >= 4 is 5.97 Å². The van der Waals surface area contributed by atoms with Crippen molar-refractivity contribution in [3.63, 3.8) is 0 Å². The first kappa shape index (κ1) is 12.5. The summed E-state index contributed by atoms with van der Waals surface area (Å²) < 4.78 is 4.93. The second-order valence-corrected chi connectivity index (χ2v) is 3.64. The second-order valence-electron chi connectivity index (χ2n) is 3.64. The fourth-order valence-electron chi connectivity index (χ4n) is 1.41. The Labute approximate surface area is 95.9 Å². The molecule has 2 N–H and O–H groups in total. The van der Waals surface area contributed by atoms with Crippen LogP contribution in [0.1, 0.15) is 31.4 Å². The van der Waals surface area contributed by atoms with E-state index < -0.39 is 0 Å². The number of allylic oxidation sites excluding steroid dienone is 1. The highest BCUT2D eigenvalue weighted by molar-refractivity contribution is 5.69. The van der Waals surface area contributed by atoms with Crippen LogP contribution in [0.25, 0.3) is 0 Å². The molecule has 86 valence electrons. The number of nitrogens with two attached hydrogens (primary N) is 1. The van der Waals surface area contributed by atoms with Gasteiger partial charge in [0, 0.05) is 13.0 Å². The summed E-state index contributed by atoms with van der Waals surface area (Å²) in [5.74, 6) is 0.232. The Balaban J connectivity index is 2.62. The Morgan fingerprint density at radius 1 is 1.50 bits per heavy atom. The maximum Gasteiger partial charge on any atom is 0.308 e. The lowest BCUT2D eigenvalue weighted by Crippen LogP contribution is -2.09. The molecule has 0 spiro atoms. The van der Waals surface area contributed by atoms with Gasteiger partial charge in [0.2, 0.25) is 0 Å². The van der Waals surface area contributed by atoms with Crippen molar-refractivity contribution in [3.8, 4) is 5.75 Å². The predicted octanol–water partition coefficient (Wildman–Crippen LogP) is 2.58. The van der Waals surface area contributed by atoms with Gasteiger partial charge in [-0.2, -0.15) is 0 Å². The molecule has 0 bridgehead atoms. The van der Waals surface area contributed by atoms with Crippen LogP contribution in [0.2, 0.25) is 0 Å². The van der Waals surface area contributed by atoms with Gasteiger partial charge in [-0.15, -0.1) is 6.58 Å². The molecule has 0 radical (unpaired) electrons. The van der Waals surface area contributed by atoms with Crippen LogP contribution in [0, 0.1) is 0 Å². The van der Waals surface area contributed by atoms with Gasteiger partial charge < -0.3 is 10.5 Å². The van der Waals surface area contributed by atoms with E-state index in [2.05, 4.69) is 6.58 Å². The molecule has 0 unspecified atom stereocenters. The highest BCUT2D eigenvalue weighted by Gasteiger charge is 2.05. The van der Waals surface area contributed by atoms with Crippen molar-refractivity contribution in [3.05, 3.63) is 42.5 Å². The van der Waals surface area contributed by atoms with Crippen molar-refractivity contribution in [1.82, 2.24) is 0 Å². The number of ether oxygens (including phenoxy) is 1. The maximum atomic E-state index is 10.7. The lowest BCUT2D eigenvalue weighted by Gasteiger charge is -2.11. The van der Waals surface area contributed by atoms with Crippen molar-refractivity contribution in [2.24, 2.45) is 5.73 Å². The van der Waals surface area contributed by atoms with E-state index >= 15 is 0 Å². The predicted molar refractivity (Wildman–Crippen MR) is 64.1 cm³/mol. The fraction of sp³-hybridized carbons (Fsp3) is 0.308. The molecule has 1 rings (SSSR count). The molecule has 0 aliphatic rings. The third kappa shape index (κ3) is 3.87. The number of rotatable bonds is 5. The highest BCUT2D eigenvalue weighted by Crippen LogP contribution is 2.19. The quantitative estimate of drug-likeness (QED) is 0.470. The van der Waals surface area contributed by atoms with Gasteiger partial charge in [0.05, 0.1) is 0 Å². The number of carbonyl (C=O) groups is 1. The zero-order valence-corrected chi connectivity index (χ0v) is 9.48. The summed E-state index contributed by atoms with van der Waals surface area (Å²) in [6, 6.07) is 7.27. The van der Waals surface area contributed by atoms with Crippen molar-refractivity contribution in [2.75, 3.05) is 0 Å². The molecular weight excluding hydrogens is 202 g/mol. The van der Waals surface area contributed by atoms with Crippen LogP contribution in [-0.2, 0) is 4.79 Å². The van der Waals surface area contributed by atoms with Gasteiger partial charge >= 0.3 is 5.97 Å². The molecule has 1 aromatic rings. The van der Waals surface area contributed by atoms with Crippen LogP contribution in [-0.4, -0.2) is 5.97 Å². The van der Waals surface area contributed by atoms with Gasteiger partial charge in [0.25, 0.3) is 0 Å². The van der Waals surface area contributed by atoms with E-state index in [1.807, 2.05) is 18.2 Å². The smallest absolute Gasteiger partial charge is 0.308 e. The summed E-state index contributed by atoms with van der Waals surface area (Å²) in [6.45, 7) is 5.04. The van der Waals surface area contributed by atoms with Crippen LogP contribution >= 0.6 is 0 Å². The lowest BCUT2D eigenvalue weighted by molar-refractivity contribution is -0.131. The van der Waals surface area contributed by atoms with E-state index in [1.165, 1.54) is 6.92 Å². The molecule has 0 aliphatic carbocycles. The summed E-state index contributed by atoms with van der Waals surface area (Å²) in [5.41, 5.74) is 7.02. The topological polar surface area (TPSA) is 52.3 Å². The van der Waals surface area contributed by atoms with E-state index in [4.69, 9.17) is 10.5 Å². The Bertz CT molecular complexity index is 357. The zero-order chi connectivity index (χ0) is 12.0. The fourth-order valence-corrected chi connectivity index (χ4v) is 1.41. The number of carbonyl (C=O) groups excluding carboxylic acids is 1.